The number of rotatable bonds is 6. The maximum Gasteiger partial charge on any atom is 0.192 e. The molecule has 2 rings (SSSR count). The van der Waals surface area contributed by atoms with Crippen molar-refractivity contribution in [1.82, 2.24) is 4.90 Å². The average molecular weight is 380 g/mol. The van der Waals surface area contributed by atoms with Crippen LogP contribution in [0, 0.1) is 5.41 Å². The van der Waals surface area contributed by atoms with Gasteiger partial charge >= 0.3 is 0 Å². The zero-order valence-electron chi connectivity index (χ0n) is 15.6. The van der Waals surface area contributed by atoms with Crippen LogP contribution in [0.2, 0.25) is 5.02 Å². The maximum atomic E-state index is 12.8. The van der Waals surface area contributed by atoms with Crippen molar-refractivity contribution in [3.05, 3.63) is 51.0 Å². The molecule has 0 aromatic heterocycles. The molecule has 1 aromatic carbocycles. The lowest BCUT2D eigenvalue weighted by atomic mass is 9.92. The molecule has 0 saturated carbocycles. The summed E-state index contributed by atoms with van der Waals surface area (Å²) in [4.78, 5) is 15.1. The summed E-state index contributed by atoms with van der Waals surface area (Å²) in [6.07, 6.45) is 3.89. The maximum absolute atomic E-state index is 12.8. The van der Waals surface area contributed by atoms with E-state index in [1.807, 2.05) is 0 Å². The molecule has 0 saturated heterocycles. The van der Waals surface area contributed by atoms with E-state index in [0.717, 1.165) is 24.4 Å². The number of unbranched alkanes of at least 4 members (excludes halogenated alkanes) is 1. The van der Waals surface area contributed by atoms with E-state index < -0.39 is 0 Å². The zero-order chi connectivity index (χ0) is 18.6. The Morgan fingerprint density at radius 1 is 1.36 bits per heavy atom. The van der Waals surface area contributed by atoms with Gasteiger partial charge in [0.05, 0.1) is 17.7 Å². The van der Waals surface area contributed by atoms with Gasteiger partial charge in [0, 0.05) is 28.8 Å². The van der Waals surface area contributed by atoms with Crippen molar-refractivity contribution in [2.45, 2.75) is 40.5 Å². The molecule has 136 valence electrons. The first-order valence-electron chi connectivity index (χ1n) is 8.52. The van der Waals surface area contributed by atoms with Crippen LogP contribution in [0.5, 0.6) is 5.75 Å². The summed E-state index contributed by atoms with van der Waals surface area (Å²) >= 11 is 7.67. The van der Waals surface area contributed by atoms with Gasteiger partial charge in [-0.15, -0.1) is 0 Å². The van der Waals surface area contributed by atoms with E-state index in [9.17, 15) is 4.79 Å². The van der Waals surface area contributed by atoms with E-state index >= 15 is 0 Å². The molecule has 5 heteroatoms. The van der Waals surface area contributed by atoms with Crippen molar-refractivity contribution < 1.29 is 9.53 Å². The minimum Gasteiger partial charge on any atom is -0.496 e. The molecule has 0 N–H and O–H groups in total. The van der Waals surface area contributed by atoms with Crippen molar-refractivity contribution >= 4 is 29.1 Å². The molecule has 1 aromatic rings. The molecule has 25 heavy (non-hydrogen) atoms. The summed E-state index contributed by atoms with van der Waals surface area (Å²) in [6.45, 7) is 9.68. The predicted octanol–water partition coefficient (Wildman–Crippen LogP) is 6.11. The van der Waals surface area contributed by atoms with Gasteiger partial charge in [-0.3, -0.25) is 4.79 Å². The van der Waals surface area contributed by atoms with Crippen LogP contribution in [0.3, 0.4) is 0 Å². The standard InChI is InChI=1S/C20H26ClNO2S/c1-6-7-10-22-18(20(2,3)4)13-25-19(22)12-16(23)15-11-14(21)8-9-17(15)24-5/h8-9,11-13H,6-7,10H2,1-5H3/b19-12-. The number of ether oxygens (including phenoxy) is 1. The summed E-state index contributed by atoms with van der Waals surface area (Å²) in [5, 5.41) is 3.65. The number of allylic oxidation sites excluding steroid dienone is 2. The first-order valence-corrected chi connectivity index (χ1v) is 9.78. The van der Waals surface area contributed by atoms with Gasteiger partial charge in [-0.1, -0.05) is 57.5 Å². The first kappa shape index (κ1) is 19.9. The molecule has 0 fully saturated rings. The number of nitrogens with zero attached hydrogens (tertiary/aromatic N) is 1. The monoisotopic (exact) mass is 379 g/mol. The van der Waals surface area contributed by atoms with E-state index in [4.69, 9.17) is 16.3 Å². The Kier molecular flexibility index (Phi) is 6.64. The minimum atomic E-state index is -0.0908. The normalized spacial score (nSPS) is 16.3. The van der Waals surface area contributed by atoms with Crippen LogP contribution >= 0.6 is 23.4 Å². The third-order valence-corrected chi connectivity index (χ3v) is 5.19. The van der Waals surface area contributed by atoms with Crippen molar-refractivity contribution in [1.29, 1.82) is 0 Å². The molecule has 3 nitrogen and oxygen atoms in total. The second kappa shape index (κ2) is 8.33. The fraction of sp³-hybridized carbons (Fsp3) is 0.450. The number of halogens is 1. The molecule has 0 unspecified atom stereocenters. The number of thioether (sulfide) groups is 1. The van der Waals surface area contributed by atoms with E-state index in [2.05, 4.69) is 38.0 Å². The van der Waals surface area contributed by atoms with Gasteiger partial charge in [0.2, 0.25) is 0 Å². The van der Waals surface area contributed by atoms with Crippen molar-refractivity contribution in [3.63, 3.8) is 0 Å². The summed E-state index contributed by atoms with van der Waals surface area (Å²) in [7, 11) is 1.56. The molecule has 0 aliphatic carbocycles. The zero-order valence-corrected chi connectivity index (χ0v) is 17.1. The third-order valence-electron chi connectivity index (χ3n) is 4.03. The van der Waals surface area contributed by atoms with Crippen LogP contribution in [0.15, 0.2) is 40.4 Å². The van der Waals surface area contributed by atoms with Gasteiger partial charge < -0.3 is 9.64 Å². The number of carbonyl (C=O) groups excluding carboxylic acids is 1. The number of carbonyl (C=O) groups is 1. The van der Waals surface area contributed by atoms with E-state index in [-0.39, 0.29) is 11.2 Å². The molecule has 1 heterocycles. The highest BCUT2D eigenvalue weighted by Crippen LogP contribution is 2.43. The molecule has 0 bridgehead atoms. The number of methoxy groups -OCH3 is 1. The fourth-order valence-corrected chi connectivity index (χ4v) is 4.04. The van der Waals surface area contributed by atoms with Gasteiger partial charge in [-0.25, -0.2) is 0 Å². The Morgan fingerprint density at radius 3 is 2.68 bits per heavy atom. The Morgan fingerprint density at radius 2 is 2.08 bits per heavy atom. The molecular weight excluding hydrogens is 354 g/mol. The average Bonchev–Trinajstić information content (AvgIpc) is 2.95. The second-order valence-electron chi connectivity index (χ2n) is 7.07. The van der Waals surface area contributed by atoms with Gasteiger partial charge in [0.15, 0.2) is 5.78 Å². The quantitative estimate of drug-likeness (QED) is 0.440. The van der Waals surface area contributed by atoms with Crippen LogP contribution in [-0.2, 0) is 0 Å². The molecule has 0 amide bonds. The summed E-state index contributed by atoms with van der Waals surface area (Å²) in [5.41, 5.74) is 1.78. The smallest absolute Gasteiger partial charge is 0.192 e. The third kappa shape index (κ3) is 4.83. The van der Waals surface area contributed by atoms with Gasteiger partial charge in [-0.05, 0) is 30.0 Å². The van der Waals surface area contributed by atoms with Crippen molar-refractivity contribution in [3.8, 4) is 5.75 Å². The Hall–Kier alpha value is -1.39. The Labute approximate surface area is 160 Å². The largest absolute Gasteiger partial charge is 0.496 e. The van der Waals surface area contributed by atoms with Gasteiger partial charge in [0.1, 0.15) is 5.75 Å². The lowest BCUT2D eigenvalue weighted by Crippen LogP contribution is -2.27. The van der Waals surface area contributed by atoms with E-state index in [1.54, 1.807) is 43.1 Å². The predicted molar refractivity (Wildman–Crippen MR) is 107 cm³/mol. The Bertz CT molecular complexity index is 704. The van der Waals surface area contributed by atoms with Crippen LogP contribution in [-0.4, -0.2) is 24.3 Å². The van der Waals surface area contributed by atoms with Gasteiger partial charge in [-0.2, -0.15) is 0 Å². The summed E-state index contributed by atoms with van der Waals surface area (Å²) in [5.74, 6) is 0.449. The fourth-order valence-electron chi connectivity index (χ4n) is 2.67. The van der Waals surface area contributed by atoms with E-state index in [1.165, 1.54) is 5.70 Å². The number of ketones is 1. The van der Waals surface area contributed by atoms with Crippen LogP contribution in [0.1, 0.15) is 50.9 Å². The topological polar surface area (TPSA) is 29.5 Å². The summed E-state index contributed by atoms with van der Waals surface area (Å²) in [6, 6.07) is 5.11. The minimum absolute atomic E-state index is 0.0348. The second-order valence-corrected chi connectivity index (χ2v) is 8.39. The Balaban J connectivity index is 2.33. The van der Waals surface area contributed by atoms with Crippen LogP contribution in [0.25, 0.3) is 0 Å². The molecular formula is C20H26ClNO2S. The summed E-state index contributed by atoms with van der Waals surface area (Å²) < 4.78 is 5.31. The number of benzene rings is 1. The van der Waals surface area contributed by atoms with Gasteiger partial charge in [0.25, 0.3) is 0 Å². The van der Waals surface area contributed by atoms with E-state index in [0.29, 0.717) is 16.3 Å². The molecule has 1 aliphatic heterocycles. The number of hydrogen-bond donors (Lipinski definition) is 0. The first-order chi connectivity index (χ1) is 11.8. The lowest BCUT2D eigenvalue weighted by molar-refractivity contribution is 0.104. The molecule has 0 radical (unpaired) electrons. The van der Waals surface area contributed by atoms with Crippen LogP contribution in [0.4, 0.5) is 0 Å². The van der Waals surface area contributed by atoms with Crippen LogP contribution < -0.4 is 4.74 Å². The van der Waals surface area contributed by atoms with Crippen molar-refractivity contribution in [2.75, 3.05) is 13.7 Å². The number of hydrogen-bond acceptors (Lipinski definition) is 4. The molecule has 0 atom stereocenters. The molecule has 0 spiro atoms. The highest BCUT2D eigenvalue weighted by molar-refractivity contribution is 8.06. The lowest BCUT2D eigenvalue weighted by Gasteiger charge is -2.31. The SMILES string of the molecule is CCCCN1C(C(C)(C)C)=CS/C1=C\C(=O)c1cc(Cl)ccc1OC. The van der Waals surface area contributed by atoms with Crippen molar-refractivity contribution in [2.24, 2.45) is 5.41 Å². The molecule has 1 aliphatic rings. The highest BCUT2D eigenvalue weighted by atomic mass is 35.5. The highest BCUT2D eigenvalue weighted by Gasteiger charge is 2.30.